The number of esters is 2. The van der Waals surface area contributed by atoms with E-state index in [1.807, 2.05) is 30.3 Å². The van der Waals surface area contributed by atoms with Crippen LogP contribution in [0.15, 0.2) is 77.3 Å². The molecule has 0 aliphatic rings. The zero-order chi connectivity index (χ0) is 22.1. The van der Waals surface area contributed by atoms with Gasteiger partial charge in [-0.2, -0.15) is 0 Å². The van der Waals surface area contributed by atoms with E-state index >= 15 is 0 Å². The molecule has 0 aromatic heterocycles. The van der Waals surface area contributed by atoms with E-state index in [2.05, 4.69) is 15.9 Å². The number of hydrogen-bond donors (Lipinski definition) is 0. The van der Waals surface area contributed by atoms with Crippen molar-refractivity contribution in [3.05, 3.63) is 88.4 Å². The average molecular weight is 485 g/mol. The van der Waals surface area contributed by atoms with Crippen molar-refractivity contribution in [2.75, 3.05) is 19.8 Å². The highest BCUT2D eigenvalue weighted by Crippen LogP contribution is 2.25. The molecule has 0 saturated heterocycles. The summed E-state index contributed by atoms with van der Waals surface area (Å²) in [6.45, 7) is 2.59. The molecular weight excluding hydrogens is 464 g/mol. The largest absolute Gasteiger partial charge is 0.490 e. The smallest absolute Gasteiger partial charge is 0.343 e. The van der Waals surface area contributed by atoms with Crippen molar-refractivity contribution in [2.45, 2.75) is 6.92 Å². The summed E-state index contributed by atoms with van der Waals surface area (Å²) >= 11 is 3.31. The van der Waals surface area contributed by atoms with Gasteiger partial charge in [0.1, 0.15) is 36.0 Å². The minimum atomic E-state index is -0.612. The zero-order valence-corrected chi connectivity index (χ0v) is 18.5. The van der Waals surface area contributed by atoms with Crippen molar-refractivity contribution < 1.29 is 28.5 Å². The minimum absolute atomic E-state index is 0.120. The molecule has 0 saturated carbocycles. The Morgan fingerprint density at radius 2 is 1.52 bits per heavy atom. The van der Waals surface area contributed by atoms with Gasteiger partial charge in [-0.3, -0.25) is 0 Å². The van der Waals surface area contributed by atoms with Crippen LogP contribution < -0.4 is 14.2 Å². The second-order valence-corrected chi connectivity index (χ2v) is 7.20. The first kappa shape index (κ1) is 22.4. The summed E-state index contributed by atoms with van der Waals surface area (Å²) < 4.78 is 22.4. The van der Waals surface area contributed by atoms with Crippen LogP contribution in [0.5, 0.6) is 17.2 Å². The molecule has 3 aromatic carbocycles. The van der Waals surface area contributed by atoms with E-state index < -0.39 is 11.9 Å². The third-order valence-electron chi connectivity index (χ3n) is 4.07. The summed E-state index contributed by atoms with van der Waals surface area (Å²) in [5, 5.41) is 0. The maximum atomic E-state index is 12.6. The predicted molar refractivity (Wildman–Crippen MR) is 119 cm³/mol. The molecule has 31 heavy (non-hydrogen) atoms. The molecule has 7 heteroatoms. The fourth-order valence-electron chi connectivity index (χ4n) is 2.67. The summed E-state index contributed by atoms with van der Waals surface area (Å²) in [5.74, 6) is 0.207. The number of carbonyl (C=O) groups excluding carboxylic acids is 2. The fraction of sp³-hybridized carbons (Fsp3) is 0.167. The lowest BCUT2D eigenvalue weighted by Gasteiger charge is -2.11. The minimum Gasteiger partial charge on any atom is -0.490 e. The van der Waals surface area contributed by atoms with Gasteiger partial charge in [0.05, 0.1) is 12.2 Å². The van der Waals surface area contributed by atoms with Crippen molar-refractivity contribution in [1.82, 2.24) is 0 Å². The Balaban J connectivity index is 1.62. The van der Waals surface area contributed by atoms with Gasteiger partial charge in [0, 0.05) is 4.47 Å². The second-order valence-electron chi connectivity index (χ2n) is 6.29. The Bertz CT molecular complexity index is 1040. The highest BCUT2D eigenvalue weighted by molar-refractivity contribution is 9.10. The quantitative estimate of drug-likeness (QED) is 0.233. The van der Waals surface area contributed by atoms with Crippen LogP contribution in [0.3, 0.4) is 0 Å². The van der Waals surface area contributed by atoms with E-state index in [1.165, 1.54) is 6.07 Å². The number of benzene rings is 3. The third kappa shape index (κ3) is 6.58. The van der Waals surface area contributed by atoms with Crippen LogP contribution in [-0.4, -0.2) is 31.8 Å². The van der Waals surface area contributed by atoms with Gasteiger partial charge in [-0.25, -0.2) is 9.59 Å². The van der Waals surface area contributed by atoms with Crippen molar-refractivity contribution in [1.29, 1.82) is 0 Å². The van der Waals surface area contributed by atoms with Crippen LogP contribution in [0.1, 0.15) is 27.6 Å². The van der Waals surface area contributed by atoms with E-state index in [-0.39, 0.29) is 17.9 Å². The van der Waals surface area contributed by atoms with Crippen LogP contribution in [-0.2, 0) is 4.74 Å². The van der Waals surface area contributed by atoms with E-state index in [9.17, 15) is 9.59 Å². The van der Waals surface area contributed by atoms with Crippen molar-refractivity contribution in [3.63, 3.8) is 0 Å². The van der Waals surface area contributed by atoms with Gasteiger partial charge in [0.15, 0.2) is 0 Å². The normalized spacial score (nSPS) is 10.3. The molecule has 0 aliphatic carbocycles. The number of rotatable bonds is 9. The average Bonchev–Trinajstić information content (AvgIpc) is 2.79. The number of hydrogen-bond acceptors (Lipinski definition) is 6. The van der Waals surface area contributed by atoms with Crippen LogP contribution in [0.4, 0.5) is 0 Å². The van der Waals surface area contributed by atoms with Crippen LogP contribution in [0, 0.1) is 0 Å². The van der Waals surface area contributed by atoms with Gasteiger partial charge in [0.2, 0.25) is 0 Å². The molecule has 3 aromatic rings. The Labute approximate surface area is 188 Å². The van der Waals surface area contributed by atoms with Gasteiger partial charge in [-0.05, 0) is 55.5 Å². The molecule has 0 spiro atoms. The Hall–Kier alpha value is -3.32. The number of ether oxygens (including phenoxy) is 4. The fourth-order valence-corrected chi connectivity index (χ4v) is 3.03. The first-order chi connectivity index (χ1) is 15.1. The SMILES string of the molecule is CCOC(=O)c1cc(Br)ccc1OC(=O)c1cccc(OCCOc2ccccc2)c1. The van der Waals surface area contributed by atoms with E-state index in [4.69, 9.17) is 18.9 Å². The van der Waals surface area contributed by atoms with Gasteiger partial charge < -0.3 is 18.9 Å². The highest BCUT2D eigenvalue weighted by Gasteiger charge is 2.18. The summed E-state index contributed by atoms with van der Waals surface area (Å²) in [7, 11) is 0. The highest BCUT2D eigenvalue weighted by atomic mass is 79.9. The maximum absolute atomic E-state index is 12.6. The molecular formula is C24H21BrO6. The lowest BCUT2D eigenvalue weighted by atomic mass is 10.2. The molecule has 0 radical (unpaired) electrons. The first-order valence-electron chi connectivity index (χ1n) is 9.66. The van der Waals surface area contributed by atoms with Crippen molar-refractivity contribution in [2.24, 2.45) is 0 Å². The summed E-state index contributed by atoms with van der Waals surface area (Å²) in [4.78, 5) is 24.8. The molecule has 0 fully saturated rings. The van der Waals surface area contributed by atoms with Crippen LogP contribution in [0.25, 0.3) is 0 Å². The topological polar surface area (TPSA) is 71.1 Å². The zero-order valence-electron chi connectivity index (χ0n) is 16.9. The molecule has 0 N–H and O–H groups in total. The van der Waals surface area contributed by atoms with Gasteiger partial charge >= 0.3 is 11.9 Å². The first-order valence-corrected chi connectivity index (χ1v) is 10.5. The molecule has 0 atom stereocenters. The lowest BCUT2D eigenvalue weighted by Crippen LogP contribution is -2.13. The van der Waals surface area contributed by atoms with E-state index in [0.29, 0.717) is 29.0 Å². The van der Waals surface area contributed by atoms with Gasteiger partial charge in [-0.1, -0.05) is 40.2 Å². The standard InChI is InChI=1S/C24H21BrO6/c1-2-28-24(27)21-16-18(25)11-12-22(21)31-23(26)17-7-6-10-20(15-17)30-14-13-29-19-8-4-3-5-9-19/h3-12,15-16H,2,13-14H2,1H3. The van der Waals surface area contributed by atoms with Gasteiger partial charge in [-0.15, -0.1) is 0 Å². The molecule has 160 valence electrons. The molecule has 0 unspecified atom stereocenters. The summed E-state index contributed by atoms with van der Waals surface area (Å²) in [5.41, 5.74) is 0.453. The molecule has 0 heterocycles. The Morgan fingerprint density at radius 3 is 2.26 bits per heavy atom. The molecule has 0 bridgehead atoms. The molecule has 0 aliphatic heterocycles. The van der Waals surface area contributed by atoms with Crippen molar-refractivity contribution >= 4 is 27.9 Å². The number of halogens is 1. The second kappa shape index (κ2) is 11.2. The van der Waals surface area contributed by atoms with E-state index in [0.717, 1.165) is 5.75 Å². The summed E-state index contributed by atoms with van der Waals surface area (Å²) in [6.07, 6.45) is 0. The van der Waals surface area contributed by atoms with Crippen LogP contribution in [0.2, 0.25) is 0 Å². The predicted octanol–water partition coefficient (Wildman–Crippen LogP) is 5.30. The number of carbonyl (C=O) groups is 2. The molecule has 6 nitrogen and oxygen atoms in total. The maximum Gasteiger partial charge on any atom is 0.343 e. The van der Waals surface area contributed by atoms with Crippen molar-refractivity contribution in [3.8, 4) is 17.2 Å². The number of para-hydroxylation sites is 1. The monoisotopic (exact) mass is 484 g/mol. The van der Waals surface area contributed by atoms with E-state index in [1.54, 1.807) is 43.3 Å². The summed E-state index contributed by atoms with van der Waals surface area (Å²) in [6, 6.07) is 20.8. The van der Waals surface area contributed by atoms with Gasteiger partial charge in [0.25, 0.3) is 0 Å². The third-order valence-corrected chi connectivity index (χ3v) is 4.57. The Kier molecular flexibility index (Phi) is 8.06. The molecule has 0 amide bonds. The Morgan fingerprint density at radius 1 is 0.806 bits per heavy atom. The lowest BCUT2D eigenvalue weighted by molar-refractivity contribution is 0.0520. The molecule has 3 rings (SSSR count). The van der Waals surface area contributed by atoms with Crippen LogP contribution >= 0.6 is 15.9 Å².